The number of nitrogens with zero attached hydrogens (tertiary/aromatic N) is 2. The fourth-order valence-electron chi connectivity index (χ4n) is 0.942. The van der Waals surface area contributed by atoms with Crippen LogP contribution in [0.4, 0.5) is 5.82 Å². The number of amides is 1. The highest BCUT2D eigenvalue weighted by Crippen LogP contribution is 2.09. The van der Waals surface area contributed by atoms with Crippen molar-refractivity contribution in [2.24, 2.45) is 0 Å². The van der Waals surface area contributed by atoms with Gasteiger partial charge in [-0.25, -0.2) is 4.98 Å². The second-order valence-electron chi connectivity index (χ2n) is 2.83. The Balaban J connectivity index is 2.86. The van der Waals surface area contributed by atoms with Crippen LogP contribution in [0.2, 0.25) is 0 Å². The minimum Gasteiger partial charge on any atom is -0.296 e. The summed E-state index contributed by atoms with van der Waals surface area (Å²) in [4.78, 5) is 17.0. The molecule has 0 aliphatic heterocycles. The first kappa shape index (κ1) is 9.45. The second-order valence-corrected chi connectivity index (χ2v) is 2.83. The molecule has 0 aromatic carbocycles. The van der Waals surface area contributed by atoms with E-state index < -0.39 is 0 Å². The maximum absolute atomic E-state index is 11.4. The molecule has 3 nitrogen and oxygen atoms in total. The second kappa shape index (κ2) is 3.85. The maximum Gasteiger partial charge on any atom is 0.254 e. The Morgan fingerprint density at radius 2 is 2.23 bits per heavy atom. The highest BCUT2D eigenvalue weighted by Gasteiger charge is 2.11. The Bertz CT molecular complexity index is 319. The SMILES string of the molecule is C=C(C)C(=O)N(C)c1ccccn1. The summed E-state index contributed by atoms with van der Waals surface area (Å²) >= 11 is 0. The molecular weight excluding hydrogens is 164 g/mol. The van der Waals surface area contributed by atoms with E-state index in [1.54, 1.807) is 26.2 Å². The molecule has 0 aliphatic carbocycles. The largest absolute Gasteiger partial charge is 0.296 e. The average Bonchev–Trinajstić information content (AvgIpc) is 2.17. The van der Waals surface area contributed by atoms with Crippen LogP contribution in [0.3, 0.4) is 0 Å². The monoisotopic (exact) mass is 176 g/mol. The number of hydrogen-bond acceptors (Lipinski definition) is 2. The zero-order chi connectivity index (χ0) is 9.84. The fourth-order valence-corrected chi connectivity index (χ4v) is 0.942. The van der Waals surface area contributed by atoms with E-state index in [1.165, 1.54) is 4.90 Å². The van der Waals surface area contributed by atoms with Crippen LogP contribution in [0.5, 0.6) is 0 Å². The first-order valence-corrected chi connectivity index (χ1v) is 3.97. The molecular formula is C10H12N2O. The normalized spacial score (nSPS) is 9.38. The molecule has 0 atom stereocenters. The predicted molar refractivity (Wildman–Crippen MR) is 52.5 cm³/mol. The van der Waals surface area contributed by atoms with Crippen LogP contribution in [-0.4, -0.2) is 17.9 Å². The molecule has 0 unspecified atom stereocenters. The van der Waals surface area contributed by atoms with Crippen LogP contribution in [0.15, 0.2) is 36.5 Å². The summed E-state index contributed by atoms with van der Waals surface area (Å²) in [5.74, 6) is 0.522. The molecule has 0 spiro atoms. The molecule has 0 fully saturated rings. The standard InChI is InChI=1S/C10H12N2O/c1-8(2)10(13)12(3)9-6-4-5-7-11-9/h4-7H,1H2,2-3H3. The van der Waals surface area contributed by atoms with Crippen LogP contribution >= 0.6 is 0 Å². The zero-order valence-electron chi connectivity index (χ0n) is 7.82. The van der Waals surface area contributed by atoms with E-state index >= 15 is 0 Å². The van der Waals surface area contributed by atoms with Gasteiger partial charge in [0.2, 0.25) is 0 Å². The van der Waals surface area contributed by atoms with Crippen molar-refractivity contribution in [3.63, 3.8) is 0 Å². The minimum atomic E-state index is -0.112. The van der Waals surface area contributed by atoms with E-state index in [0.717, 1.165) is 0 Å². The molecule has 3 heteroatoms. The van der Waals surface area contributed by atoms with E-state index in [9.17, 15) is 4.79 Å². The molecule has 1 amide bonds. The van der Waals surface area contributed by atoms with Gasteiger partial charge in [-0.1, -0.05) is 12.6 Å². The van der Waals surface area contributed by atoms with Gasteiger partial charge in [0.25, 0.3) is 5.91 Å². The molecule has 1 aromatic rings. The number of carbonyl (C=O) groups is 1. The van der Waals surface area contributed by atoms with E-state index in [4.69, 9.17) is 0 Å². The van der Waals surface area contributed by atoms with E-state index in [-0.39, 0.29) is 5.91 Å². The molecule has 0 radical (unpaired) electrons. The maximum atomic E-state index is 11.4. The molecule has 0 N–H and O–H groups in total. The molecule has 0 saturated carbocycles. The lowest BCUT2D eigenvalue weighted by molar-refractivity contribution is -0.114. The molecule has 1 heterocycles. The Hall–Kier alpha value is -1.64. The van der Waals surface area contributed by atoms with Gasteiger partial charge in [-0.05, 0) is 19.1 Å². The first-order chi connectivity index (χ1) is 6.13. The quantitative estimate of drug-likeness (QED) is 0.641. The summed E-state index contributed by atoms with van der Waals surface area (Å²) in [6, 6.07) is 5.42. The number of carbonyl (C=O) groups excluding carboxylic acids is 1. The molecule has 68 valence electrons. The average molecular weight is 176 g/mol. The third kappa shape index (κ3) is 2.15. The fraction of sp³-hybridized carbons (Fsp3) is 0.200. The van der Waals surface area contributed by atoms with Gasteiger partial charge in [0.1, 0.15) is 5.82 Å². The van der Waals surface area contributed by atoms with Gasteiger partial charge in [-0.3, -0.25) is 9.69 Å². The summed E-state index contributed by atoms with van der Waals surface area (Å²) in [6.45, 7) is 5.26. The van der Waals surface area contributed by atoms with E-state index in [2.05, 4.69) is 11.6 Å². The minimum absolute atomic E-state index is 0.112. The third-order valence-corrected chi connectivity index (χ3v) is 1.66. The van der Waals surface area contributed by atoms with Gasteiger partial charge in [0, 0.05) is 18.8 Å². The molecule has 1 aromatic heterocycles. The van der Waals surface area contributed by atoms with Gasteiger partial charge in [-0.2, -0.15) is 0 Å². The summed E-state index contributed by atoms with van der Waals surface area (Å²) in [6.07, 6.45) is 1.65. The molecule has 1 rings (SSSR count). The van der Waals surface area contributed by atoms with Crippen molar-refractivity contribution >= 4 is 11.7 Å². The first-order valence-electron chi connectivity index (χ1n) is 3.97. The van der Waals surface area contributed by atoms with E-state index in [0.29, 0.717) is 11.4 Å². The lowest BCUT2D eigenvalue weighted by Gasteiger charge is -2.15. The van der Waals surface area contributed by atoms with Crippen LogP contribution < -0.4 is 4.90 Å². The Labute approximate surface area is 77.7 Å². The lowest BCUT2D eigenvalue weighted by Crippen LogP contribution is -2.27. The van der Waals surface area contributed by atoms with Gasteiger partial charge < -0.3 is 0 Å². The smallest absolute Gasteiger partial charge is 0.254 e. The predicted octanol–water partition coefficient (Wildman–Crippen LogP) is 1.62. The van der Waals surface area contributed by atoms with Crippen molar-refractivity contribution in [3.8, 4) is 0 Å². The van der Waals surface area contributed by atoms with Gasteiger partial charge in [0.15, 0.2) is 0 Å². The van der Waals surface area contributed by atoms with Gasteiger partial charge in [0.05, 0.1) is 0 Å². The Morgan fingerprint density at radius 1 is 1.54 bits per heavy atom. The summed E-state index contributed by atoms with van der Waals surface area (Å²) in [5, 5.41) is 0. The summed E-state index contributed by atoms with van der Waals surface area (Å²) in [7, 11) is 1.68. The van der Waals surface area contributed by atoms with Gasteiger partial charge in [-0.15, -0.1) is 0 Å². The van der Waals surface area contributed by atoms with Crippen LogP contribution in [0.1, 0.15) is 6.92 Å². The highest BCUT2D eigenvalue weighted by molar-refractivity contribution is 6.03. The van der Waals surface area contributed by atoms with Crippen LogP contribution in [0, 0.1) is 0 Å². The number of likely N-dealkylation sites (N-methyl/N-ethyl adjacent to an activating group) is 1. The molecule has 0 saturated heterocycles. The highest BCUT2D eigenvalue weighted by atomic mass is 16.2. The number of rotatable bonds is 2. The number of pyridine rings is 1. The Morgan fingerprint density at radius 3 is 2.69 bits per heavy atom. The van der Waals surface area contributed by atoms with Crippen LogP contribution in [-0.2, 0) is 4.79 Å². The van der Waals surface area contributed by atoms with Crippen molar-refractivity contribution < 1.29 is 4.79 Å². The van der Waals surface area contributed by atoms with Gasteiger partial charge >= 0.3 is 0 Å². The summed E-state index contributed by atoms with van der Waals surface area (Å²) in [5.41, 5.74) is 0.508. The van der Waals surface area contributed by atoms with Crippen molar-refractivity contribution in [1.29, 1.82) is 0 Å². The number of hydrogen-bond donors (Lipinski definition) is 0. The Kier molecular flexibility index (Phi) is 2.80. The molecule has 0 aliphatic rings. The summed E-state index contributed by atoms with van der Waals surface area (Å²) < 4.78 is 0. The van der Waals surface area contributed by atoms with Crippen molar-refractivity contribution in [2.75, 3.05) is 11.9 Å². The molecule has 13 heavy (non-hydrogen) atoms. The topological polar surface area (TPSA) is 33.2 Å². The number of aromatic nitrogens is 1. The number of anilines is 1. The van der Waals surface area contributed by atoms with Crippen molar-refractivity contribution in [3.05, 3.63) is 36.5 Å². The van der Waals surface area contributed by atoms with E-state index in [1.807, 2.05) is 12.1 Å². The van der Waals surface area contributed by atoms with Crippen molar-refractivity contribution in [2.45, 2.75) is 6.92 Å². The molecule has 0 bridgehead atoms. The lowest BCUT2D eigenvalue weighted by atomic mass is 10.3. The van der Waals surface area contributed by atoms with Crippen LogP contribution in [0.25, 0.3) is 0 Å². The van der Waals surface area contributed by atoms with Crippen molar-refractivity contribution in [1.82, 2.24) is 4.98 Å². The zero-order valence-corrected chi connectivity index (χ0v) is 7.82. The third-order valence-electron chi connectivity index (χ3n) is 1.66.